The van der Waals surface area contributed by atoms with Crippen molar-refractivity contribution < 1.29 is 14.1 Å². The normalized spacial score (nSPS) is 12.9. The summed E-state index contributed by atoms with van der Waals surface area (Å²) in [4.78, 5) is 13.5. The molecule has 1 rings (SSSR count). The van der Waals surface area contributed by atoms with E-state index in [1.807, 2.05) is 20.8 Å². The molecule has 0 aliphatic heterocycles. The summed E-state index contributed by atoms with van der Waals surface area (Å²) in [6.45, 7) is 9.17. The second-order valence-corrected chi connectivity index (χ2v) is 5.05. The van der Waals surface area contributed by atoms with Gasteiger partial charge in [0.05, 0.1) is 12.2 Å². The van der Waals surface area contributed by atoms with Crippen molar-refractivity contribution in [1.82, 2.24) is 10.1 Å². The Kier molecular flexibility index (Phi) is 4.53. The van der Waals surface area contributed by atoms with Crippen molar-refractivity contribution in [2.75, 3.05) is 7.05 Å². The van der Waals surface area contributed by atoms with Gasteiger partial charge < -0.3 is 14.2 Å². The van der Waals surface area contributed by atoms with Crippen LogP contribution in [-0.2, 0) is 4.74 Å². The van der Waals surface area contributed by atoms with Gasteiger partial charge in [0.1, 0.15) is 5.60 Å². The highest BCUT2D eigenvalue weighted by Gasteiger charge is 2.27. The molecule has 0 fully saturated rings. The predicted molar refractivity (Wildman–Crippen MR) is 68.1 cm³/mol. The van der Waals surface area contributed by atoms with Crippen LogP contribution in [0.5, 0.6) is 0 Å². The average molecular weight is 252 g/mol. The lowest BCUT2D eigenvalue weighted by molar-refractivity contribution is 0.0198. The van der Waals surface area contributed by atoms with Gasteiger partial charge >= 0.3 is 6.09 Å². The van der Waals surface area contributed by atoms with Gasteiger partial charge in [0.2, 0.25) is 0 Å². The number of carbonyl (C=O) groups is 1. The molecular formula is C13H20N2O3. The average Bonchev–Trinajstić information content (AvgIpc) is 2.75. The topological polar surface area (TPSA) is 55.6 Å². The molecule has 100 valence electrons. The van der Waals surface area contributed by atoms with E-state index in [9.17, 15) is 4.79 Å². The summed E-state index contributed by atoms with van der Waals surface area (Å²) in [6, 6.07) is 1.48. The minimum atomic E-state index is -0.522. The highest BCUT2D eigenvalue weighted by Crippen LogP contribution is 2.24. The first-order chi connectivity index (χ1) is 8.35. The zero-order valence-electron chi connectivity index (χ0n) is 11.3. The molecule has 0 saturated carbocycles. The number of hydrogen-bond acceptors (Lipinski definition) is 4. The Morgan fingerprint density at radius 3 is 2.78 bits per heavy atom. The maximum atomic E-state index is 12.0. The third kappa shape index (κ3) is 3.91. The van der Waals surface area contributed by atoms with Gasteiger partial charge in [-0.2, -0.15) is 0 Å². The Bertz CT molecular complexity index is 393. The first kappa shape index (κ1) is 14.3. The number of ether oxygens (including phenoxy) is 1. The van der Waals surface area contributed by atoms with Crippen molar-refractivity contribution in [3.63, 3.8) is 0 Å². The van der Waals surface area contributed by atoms with Gasteiger partial charge in [0.15, 0.2) is 5.76 Å². The zero-order chi connectivity index (χ0) is 13.8. The fourth-order valence-corrected chi connectivity index (χ4v) is 1.48. The first-order valence-corrected chi connectivity index (χ1v) is 5.82. The quantitative estimate of drug-likeness (QED) is 0.772. The van der Waals surface area contributed by atoms with E-state index in [-0.39, 0.29) is 6.04 Å². The molecular weight excluding hydrogens is 232 g/mol. The fraction of sp³-hybridized carbons (Fsp3) is 0.538. The molecule has 1 amide bonds. The highest BCUT2D eigenvalue weighted by molar-refractivity contribution is 5.68. The Balaban J connectivity index is 2.80. The fourth-order valence-electron chi connectivity index (χ4n) is 1.48. The number of hydrogen-bond donors (Lipinski definition) is 0. The monoisotopic (exact) mass is 252 g/mol. The lowest BCUT2D eigenvalue weighted by Gasteiger charge is -2.28. The highest BCUT2D eigenvalue weighted by atomic mass is 16.6. The Morgan fingerprint density at radius 2 is 2.33 bits per heavy atom. The second-order valence-electron chi connectivity index (χ2n) is 5.05. The molecule has 0 N–H and O–H groups in total. The second kappa shape index (κ2) is 5.71. The van der Waals surface area contributed by atoms with Gasteiger partial charge in [0, 0.05) is 13.1 Å². The van der Waals surface area contributed by atoms with Crippen LogP contribution >= 0.6 is 0 Å². The van der Waals surface area contributed by atoms with Crippen molar-refractivity contribution in [1.29, 1.82) is 0 Å². The smallest absolute Gasteiger partial charge is 0.410 e. The lowest BCUT2D eigenvalue weighted by atomic mass is 10.1. The van der Waals surface area contributed by atoms with Gasteiger partial charge in [-0.3, -0.25) is 0 Å². The Hall–Kier alpha value is -1.78. The van der Waals surface area contributed by atoms with Crippen molar-refractivity contribution in [2.24, 2.45) is 0 Å². The maximum Gasteiger partial charge on any atom is 0.410 e. The summed E-state index contributed by atoms with van der Waals surface area (Å²) in [7, 11) is 1.67. The minimum Gasteiger partial charge on any atom is -0.444 e. The lowest BCUT2D eigenvalue weighted by Crippen LogP contribution is -2.36. The van der Waals surface area contributed by atoms with Gasteiger partial charge in [-0.05, 0) is 27.2 Å². The molecule has 0 aromatic carbocycles. The minimum absolute atomic E-state index is 0.250. The molecule has 1 aromatic rings. The molecule has 5 nitrogen and oxygen atoms in total. The van der Waals surface area contributed by atoms with E-state index in [1.165, 1.54) is 4.90 Å². The van der Waals surface area contributed by atoms with Gasteiger partial charge in [0.25, 0.3) is 0 Å². The summed E-state index contributed by atoms with van der Waals surface area (Å²) in [5, 5.41) is 3.65. The number of aromatic nitrogens is 1. The number of amides is 1. The molecule has 0 spiro atoms. The van der Waals surface area contributed by atoms with E-state index < -0.39 is 11.7 Å². The Morgan fingerprint density at radius 1 is 1.67 bits per heavy atom. The molecule has 18 heavy (non-hydrogen) atoms. The van der Waals surface area contributed by atoms with E-state index in [0.717, 1.165) is 0 Å². The predicted octanol–water partition coefficient (Wildman–Crippen LogP) is 3.16. The van der Waals surface area contributed by atoms with Crippen LogP contribution in [0.2, 0.25) is 0 Å². The molecule has 5 heteroatoms. The van der Waals surface area contributed by atoms with Gasteiger partial charge in [-0.15, -0.1) is 6.58 Å². The number of nitrogens with zero attached hydrogens (tertiary/aromatic N) is 2. The summed E-state index contributed by atoms with van der Waals surface area (Å²) in [6.07, 6.45) is 3.46. The zero-order valence-corrected chi connectivity index (χ0v) is 11.3. The molecule has 1 unspecified atom stereocenters. The molecule has 1 heterocycles. The van der Waals surface area contributed by atoms with E-state index in [4.69, 9.17) is 9.26 Å². The van der Waals surface area contributed by atoms with Crippen molar-refractivity contribution in [3.8, 4) is 0 Å². The van der Waals surface area contributed by atoms with Crippen LogP contribution in [0, 0.1) is 0 Å². The van der Waals surface area contributed by atoms with Crippen LogP contribution in [0.3, 0.4) is 0 Å². The van der Waals surface area contributed by atoms with Crippen LogP contribution in [0.15, 0.2) is 29.4 Å². The van der Waals surface area contributed by atoms with Gasteiger partial charge in [-0.1, -0.05) is 11.2 Å². The molecule has 0 aliphatic carbocycles. The van der Waals surface area contributed by atoms with Crippen molar-refractivity contribution >= 4 is 6.09 Å². The van der Waals surface area contributed by atoms with E-state index in [1.54, 1.807) is 25.4 Å². The molecule has 1 aromatic heterocycles. The SMILES string of the molecule is C=CCC(c1ccno1)N(C)C(=O)OC(C)(C)C. The van der Waals surface area contributed by atoms with Crippen molar-refractivity contribution in [2.45, 2.75) is 38.8 Å². The van der Waals surface area contributed by atoms with Crippen LogP contribution in [0.1, 0.15) is 39.0 Å². The third-order valence-corrected chi connectivity index (χ3v) is 2.33. The van der Waals surface area contributed by atoms with Crippen LogP contribution in [-0.4, -0.2) is 28.8 Å². The number of rotatable bonds is 4. The summed E-state index contributed by atoms with van der Waals surface area (Å²) >= 11 is 0. The summed E-state index contributed by atoms with van der Waals surface area (Å²) in [5.41, 5.74) is -0.522. The molecule has 0 saturated heterocycles. The Labute approximate surface area is 107 Å². The summed E-state index contributed by atoms with van der Waals surface area (Å²) in [5.74, 6) is 0.614. The molecule has 0 aliphatic rings. The largest absolute Gasteiger partial charge is 0.444 e. The van der Waals surface area contributed by atoms with Gasteiger partial charge in [-0.25, -0.2) is 4.79 Å². The third-order valence-electron chi connectivity index (χ3n) is 2.33. The van der Waals surface area contributed by atoms with Crippen LogP contribution in [0.4, 0.5) is 4.79 Å². The molecule has 0 bridgehead atoms. The van der Waals surface area contributed by atoms with Crippen LogP contribution < -0.4 is 0 Å². The van der Waals surface area contributed by atoms with Crippen molar-refractivity contribution in [3.05, 3.63) is 30.7 Å². The first-order valence-electron chi connectivity index (χ1n) is 5.82. The summed E-state index contributed by atoms with van der Waals surface area (Å²) < 4.78 is 10.4. The number of carbonyl (C=O) groups excluding carboxylic acids is 1. The van der Waals surface area contributed by atoms with E-state index in [0.29, 0.717) is 12.2 Å². The molecule has 1 atom stereocenters. The van der Waals surface area contributed by atoms with E-state index in [2.05, 4.69) is 11.7 Å². The molecule has 0 radical (unpaired) electrons. The standard InChI is InChI=1S/C13H20N2O3/c1-6-7-10(11-8-9-14-18-11)15(5)12(16)17-13(2,3)4/h6,8-10H,1,7H2,2-5H3. The van der Waals surface area contributed by atoms with Crippen LogP contribution in [0.25, 0.3) is 0 Å². The maximum absolute atomic E-state index is 12.0. The van der Waals surface area contributed by atoms with E-state index >= 15 is 0 Å².